The highest BCUT2D eigenvalue weighted by atomic mass is 32.2. The van der Waals surface area contributed by atoms with Crippen LogP contribution in [0.25, 0.3) is 0 Å². The monoisotopic (exact) mass is 604 g/mol. The zero-order valence-electron chi connectivity index (χ0n) is 22.7. The molecule has 0 aliphatic carbocycles. The van der Waals surface area contributed by atoms with E-state index in [1.807, 2.05) is 4.90 Å². The lowest BCUT2D eigenvalue weighted by Crippen LogP contribution is -2.60. The van der Waals surface area contributed by atoms with E-state index in [2.05, 4.69) is 4.90 Å². The van der Waals surface area contributed by atoms with Crippen molar-refractivity contribution < 1.29 is 36.2 Å². The van der Waals surface area contributed by atoms with Crippen LogP contribution in [0.15, 0.2) is 46.0 Å². The van der Waals surface area contributed by atoms with Crippen molar-refractivity contribution >= 4 is 33.0 Å². The molecule has 4 rings (SSSR count). The minimum absolute atomic E-state index is 0.0461. The van der Waals surface area contributed by atoms with Gasteiger partial charge in [0.25, 0.3) is 10.0 Å². The summed E-state index contributed by atoms with van der Waals surface area (Å²) in [6.45, 7) is 3.21. The van der Waals surface area contributed by atoms with E-state index >= 15 is 0 Å². The molecule has 0 bridgehead atoms. The van der Waals surface area contributed by atoms with Gasteiger partial charge in [-0.15, -0.1) is 11.3 Å². The highest BCUT2D eigenvalue weighted by Gasteiger charge is 2.51. The van der Waals surface area contributed by atoms with Crippen molar-refractivity contribution in [2.24, 2.45) is 0 Å². The summed E-state index contributed by atoms with van der Waals surface area (Å²) in [6, 6.07) is 8.26. The topological polar surface area (TPSA) is 93.6 Å². The van der Waals surface area contributed by atoms with E-state index in [4.69, 9.17) is 4.74 Å². The smallest absolute Gasteiger partial charge is 0.378 e. The number of thiophene rings is 1. The van der Waals surface area contributed by atoms with E-state index in [0.29, 0.717) is 45.5 Å². The fourth-order valence-corrected chi connectivity index (χ4v) is 7.61. The number of hydrogen-bond donors (Lipinski definition) is 1. The molecule has 9 nitrogen and oxygen atoms in total. The maximum absolute atomic E-state index is 13.4. The first-order valence-corrected chi connectivity index (χ1v) is 15.3. The Labute approximate surface area is 236 Å². The largest absolute Gasteiger partial charge is 0.421 e. The molecule has 40 heavy (non-hydrogen) atoms. The van der Waals surface area contributed by atoms with E-state index < -0.39 is 21.8 Å². The van der Waals surface area contributed by atoms with Gasteiger partial charge in [0.05, 0.1) is 19.3 Å². The summed E-state index contributed by atoms with van der Waals surface area (Å²) in [5, 5.41) is 11.8. The third-order valence-corrected chi connectivity index (χ3v) is 10.8. The summed E-state index contributed by atoms with van der Waals surface area (Å²) in [5.74, 6) is -0.0461. The lowest BCUT2D eigenvalue weighted by atomic mass is 9.95. The van der Waals surface area contributed by atoms with Crippen molar-refractivity contribution in [3.8, 4) is 0 Å². The Balaban J connectivity index is 1.62. The number of sulfonamides is 1. The Morgan fingerprint density at radius 3 is 2.42 bits per heavy atom. The third kappa shape index (κ3) is 6.47. The van der Waals surface area contributed by atoms with E-state index in [1.54, 1.807) is 31.6 Å². The summed E-state index contributed by atoms with van der Waals surface area (Å²) in [7, 11) is -0.347. The summed E-state index contributed by atoms with van der Waals surface area (Å²) >= 11 is 1.15. The SMILES string of the molecule is CN(C)C(=O)CC1COCCN1CC1CN(S(=O)(=O)c2cccs2)CCN1c1ccc(C(C)(O)C(F)(F)F)cc1. The van der Waals surface area contributed by atoms with Gasteiger partial charge in [0.1, 0.15) is 4.21 Å². The number of carbonyl (C=O) groups is 1. The summed E-state index contributed by atoms with van der Waals surface area (Å²) in [5.41, 5.74) is -2.66. The fourth-order valence-electron chi connectivity index (χ4n) is 4.99. The molecule has 14 heteroatoms. The highest BCUT2D eigenvalue weighted by Crippen LogP contribution is 2.39. The van der Waals surface area contributed by atoms with Gasteiger partial charge in [0.15, 0.2) is 5.60 Å². The molecule has 3 heterocycles. The van der Waals surface area contributed by atoms with Crippen LogP contribution in [0.4, 0.5) is 18.9 Å². The number of nitrogens with zero attached hydrogens (tertiary/aromatic N) is 4. The normalized spacial score (nSPS) is 23.1. The van der Waals surface area contributed by atoms with E-state index in [9.17, 15) is 31.5 Å². The van der Waals surface area contributed by atoms with Crippen molar-refractivity contribution in [3.05, 3.63) is 47.3 Å². The van der Waals surface area contributed by atoms with Gasteiger partial charge in [-0.25, -0.2) is 8.42 Å². The molecule has 0 radical (unpaired) electrons. The van der Waals surface area contributed by atoms with Gasteiger partial charge >= 0.3 is 6.18 Å². The van der Waals surface area contributed by atoms with Crippen molar-refractivity contribution in [2.45, 2.75) is 41.4 Å². The number of hydrogen-bond acceptors (Lipinski definition) is 8. The van der Waals surface area contributed by atoms with Crippen LogP contribution in [0.3, 0.4) is 0 Å². The lowest BCUT2D eigenvalue weighted by molar-refractivity contribution is -0.258. The van der Waals surface area contributed by atoms with Gasteiger partial charge in [-0.3, -0.25) is 9.69 Å². The molecule has 2 aromatic rings. The number of ether oxygens (including phenoxy) is 1. The van der Waals surface area contributed by atoms with Crippen molar-refractivity contribution in [1.82, 2.24) is 14.1 Å². The average Bonchev–Trinajstić information content (AvgIpc) is 3.45. The van der Waals surface area contributed by atoms with E-state index in [0.717, 1.165) is 11.3 Å². The number of carbonyl (C=O) groups excluding carboxylic acids is 1. The molecule has 0 saturated carbocycles. The Morgan fingerprint density at radius 2 is 1.82 bits per heavy atom. The zero-order chi connectivity index (χ0) is 29.3. The van der Waals surface area contributed by atoms with Gasteiger partial charge in [-0.05, 0) is 36.1 Å². The second-order valence-corrected chi connectivity index (χ2v) is 13.6. The predicted octanol–water partition coefficient (Wildman–Crippen LogP) is 2.58. The number of halogens is 3. The summed E-state index contributed by atoms with van der Waals surface area (Å²) < 4.78 is 74.2. The van der Waals surface area contributed by atoms with Gasteiger partial charge in [-0.1, -0.05) is 18.2 Å². The zero-order valence-corrected chi connectivity index (χ0v) is 24.3. The lowest BCUT2D eigenvalue weighted by Gasteiger charge is -2.46. The highest BCUT2D eigenvalue weighted by molar-refractivity contribution is 7.91. The minimum atomic E-state index is -4.84. The quantitative estimate of drug-likeness (QED) is 0.495. The van der Waals surface area contributed by atoms with Crippen LogP contribution in [0.2, 0.25) is 0 Å². The Kier molecular flexibility index (Phi) is 9.17. The predicted molar refractivity (Wildman–Crippen MR) is 146 cm³/mol. The van der Waals surface area contributed by atoms with Gasteiger partial charge in [0.2, 0.25) is 5.91 Å². The van der Waals surface area contributed by atoms with Crippen molar-refractivity contribution in [3.63, 3.8) is 0 Å². The van der Waals surface area contributed by atoms with Gasteiger partial charge < -0.3 is 19.6 Å². The first kappa shape index (κ1) is 30.7. The molecule has 3 unspecified atom stereocenters. The average molecular weight is 605 g/mol. The molecule has 222 valence electrons. The van der Waals surface area contributed by atoms with Gasteiger partial charge in [0, 0.05) is 65.0 Å². The maximum Gasteiger partial charge on any atom is 0.421 e. The summed E-state index contributed by atoms with van der Waals surface area (Å²) in [4.78, 5) is 18.1. The Hall–Kier alpha value is -2.23. The molecule has 3 atom stereocenters. The molecule has 2 aliphatic heterocycles. The molecule has 1 aromatic heterocycles. The molecule has 1 aromatic carbocycles. The second kappa shape index (κ2) is 11.9. The fraction of sp³-hybridized carbons (Fsp3) is 0.577. The number of anilines is 1. The van der Waals surface area contributed by atoms with Crippen molar-refractivity contribution in [1.29, 1.82) is 0 Å². The molecular formula is C26H35F3N4O5S2. The molecular weight excluding hydrogens is 569 g/mol. The van der Waals surface area contributed by atoms with E-state index in [1.165, 1.54) is 33.5 Å². The number of amides is 1. The van der Waals surface area contributed by atoms with E-state index in [-0.39, 0.29) is 47.3 Å². The first-order chi connectivity index (χ1) is 18.7. The number of rotatable bonds is 8. The minimum Gasteiger partial charge on any atom is -0.378 e. The number of benzene rings is 1. The number of morpholine rings is 1. The molecule has 2 aliphatic rings. The number of piperazine rings is 1. The van der Waals surface area contributed by atoms with Gasteiger partial charge in [-0.2, -0.15) is 17.5 Å². The maximum atomic E-state index is 13.4. The van der Waals surface area contributed by atoms with Crippen LogP contribution < -0.4 is 4.90 Å². The molecule has 1 amide bonds. The molecule has 1 N–H and O–H groups in total. The van der Waals surface area contributed by atoms with Crippen LogP contribution in [0, 0.1) is 0 Å². The van der Waals surface area contributed by atoms with Crippen LogP contribution in [-0.4, -0.2) is 112 Å². The Morgan fingerprint density at radius 1 is 1.12 bits per heavy atom. The van der Waals surface area contributed by atoms with Crippen LogP contribution in [0.5, 0.6) is 0 Å². The van der Waals surface area contributed by atoms with Crippen LogP contribution in [-0.2, 0) is 25.2 Å². The second-order valence-electron chi connectivity index (χ2n) is 10.5. The Bertz CT molecular complexity index is 1250. The first-order valence-electron chi connectivity index (χ1n) is 12.9. The molecule has 2 saturated heterocycles. The molecule has 2 fully saturated rings. The summed E-state index contributed by atoms with van der Waals surface area (Å²) in [6.07, 6.45) is -4.59. The van der Waals surface area contributed by atoms with Crippen LogP contribution >= 0.6 is 11.3 Å². The standard InChI is InChI=1S/C26H35F3N4O5S2/c1-25(35,26(27,28)29)19-6-8-20(9-7-19)33-11-10-32(40(36,37)24-5-4-14-39-24)17-22(33)16-31-12-13-38-18-21(31)15-23(34)30(2)3/h4-9,14,21-22,35H,10-13,15-18H2,1-3H3. The number of alkyl halides is 3. The van der Waals surface area contributed by atoms with Crippen molar-refractivity contribution in [2.75, 3.05) is 64.9 Å². The number of aliphatic hydroxyl groups is 1. The van der Waals surface area contributed by atoms with Crippen LogP contribution in [0.1, 0.15) is 18.9 Å². The third-order valence-electron chi connectivity index (χ3n) is 7.55. The molecule has 0 spiro atoms.